The summed E-state index contributed by atoms with van der Waals surface area (Å²) in [5, 5.41) is 25.2. The SMILES string of the molecule is N#CC[C@H]1CN(c2nc(OCC3([C@@H]4CCCN4)CC3)nc3c2CCN(c2cccc4ccccc24)C3)CCN1C(=O)O. The van der Waals surface area contributed by atoms with E-state index < -0.39 is 12.1 Å². The van der Waals surface area contributed by atoms with Crippen LogP contribution >= 0.6 is 0 Å². The van der Waals surface area contributed by atoms with Crippen LogP contribution in [-0.4, -0.2) is 77.5 Å². The van der Waals surface area contributed by atoms with E-state index in [9.17, 15) is 15.2 Å². The summed E-state index contributed by atoms with van der Waals surface area (Å²) in [5.74, 6) is 0.824. The van der Waals surface area contributed by atoms with E-state index >= 15 is 0 Å². The summed E-state index contributed by atoms with van der Waals surface area (Å²) in [6.45, 7) is 4.40. The van der Waals surface area contributed by atoms with Crippen molar-refractivity contribution in [3.63, 3.8) is 0 Å². The van der Waals surface area contributed by atoms with Crippen molar-refractivity contribution >= 4 is 28.4 Å². The van der Waals surface area contributed by atoms with Gasteiger partial charge < -0.3 is 29.9 Å². The summed E-state index contributed by atoms with van der Waals surface area (Å²) >= 11 is 0. The third kappa shape index (κ3) is 4.96. The van der Waals surface area contributed by atoms with Crippen LogP contribution in [0.1, 0.15) is 43.4 Å². The Morgan fingerprint density at radius 1 is 1.12 bits per heavy atom. The predicted molar refractivity (Wildman–Crippen MR) is 160 cm³/mol. The van der Waals surface area contributed by atoms with Gasteiger partial charge in [-0.3, -0.25) is 0 Å². The van der Waals surface area contributed by atoms with Crippen molar-refractivity contribution in [2.24, 2.45) is 5.41 Å². The molecule has 2 atom stereocenters. The van der Waals surface area contributed by atoms with Crippen molar-refractivity contribution in [1.29, 1.82) is 5.26 Å². The first-order valence-corrected chi connectivity index (χ1v) is 15.1. The van der Waals surface area contributed by atoms with Gasteiger partial charge in [0.1, 0.15) is 5.82 Å². The average molecular weight is 568 g/mol. The van der Waals surface area contributed by atoms with Crippen molar-refractivity contribution in [3.05, 3.63) is 53.7 Å². The molecule has 2 aromatic carbocycles. The molecule has 3 aliphatic heterocycles. The molecule has 4 heterocycles. The van der Waals surface area contributed by atoms with E-state index in [0.29, 0.717) is 44.8 Å². The highest BCUT2D eigenvalue weighted by molar-refractivity contribution is 5.94. The third-order valence-electron chi connectivity index (χ3n) is 9.67. The highest BCUT2D eigenvalue weighted by Gasteiger charge is 2.51. The van der Waals surface area contributed by atoms with Crippen LogP contribution in [0.25, 0.3) is 10.8 Å². The average Bonchev–Trinajstić information content (AvgIpc) is 3.60. The summed E-state index contributed by atoms with van der Waals surface area (Å²) in [6, 6.07) is 17.5. The standard InChI is InChI=1S/C32H37N7O3/c33-14-10-23-19-38(17-18-39(23)31(40)41)29-25-11-16-37(27-8-3-6-22-5-1-2-7-24(22)27)20-26(25)35-30(36-29)42-21-32(12-13-32)28-9-4-15-34-28/h1-3,5-8,23,28,34H,4,9-13,15-21H2,(H,40,41)/t23-,28-/m0/s1. The molecule has 1 aromatic heterocycles. The summed E-state index contributed by atoms with van der Waals surface area (Å²) < 4.78 is 6.42. The van der Waals surface area contributed by atoms with Crippen LogP contribution in [0, 0.1) is 16.7 Å². The molecule has 3 fully saturated rings. The number of rotatable bonds is 7. The first-order valence-electron chi connectivity index (χ1n) is 15.1. The lowest BCUT2D eigenvalue weighted by atomic mass is 9.96. The zero-order valence-electron chi connectivity index (χ0n) is 23.8. The molecule has 218 valence electrons. The van der Waals surface area contributed by atoms with Gasteiger partial charge >= 0.3 is 12.1 Å². The monoisotopic (exact) mass is 567 g/mol. The molecule has 10 heteroatoms. The van der Waals surface area contributed by atoms with Gasteiger partial charge in [0.05, 0.1) is 37.4 Å². The number of benzene rings is 2. The summed E-state index contributed by atoms with van der Waals surface area (Å²) in [7, 11) is 0. The number of ether oxygens (including phenoxy) is 1. The number of piperazine rings is 1. The Hall–Kier alpha value is -4.10. The fraction of sp³-hybridized carbons (Fsp3) is 0.500. The van der Waals surface area contributed by atoms with Gasteiger partial charge in [0.2, 0.25) is 0 Å². The van der Waals surface area contributed by atoms with Crippen molar-refractivity contribution < 1.29 is 14.6 Å². The molecule has 2 N–H and O–H groups in total. The molecular formula is C32H37N7O3. The second-order valence-electron chi connectivity index (χ2n) is 12.2. The molecule has 0 bridgehead atoms. The first-order chi connectivity index (χ1) is 20.5. The molecule has 10 nitrogen and oxygen atoms in total. The molecule has 2 saturated heterocycles. The van der Waals surface area contributed by atoms with Crippen LogP contribution in [0.15, 0.2) is 42.5 Å². The molecular weight excluding hydrogens is 530 g/mol. The van der Waals surface area contributed by atoms with E-state index in [1.807, 2.05) is 0 Å². The van der Waals surface area contributed by atoms with Crippen LogP contribution in [-0.2, 0) is 13.0 Å². The molecule has 3 aromatic rings. The minimum atomic E-state index is -0.982. The first kappa shape index (κ1) is 26.8. The molecule has 7 rings (SSSR count). The number of hydrogen-bond acceptors (Lipinski definition) is 8. The van der Waals surface area contributed by atoms with E-state index in [4.69, 9.17) is 14.7 Å². The number of carboxylic acid groups (broad SMARTS) is 1. The Kier molecular flexibility index (Phi) is 6.98. The highest BCUT2D eigenvalue weighted by Crippen LogP contribution is 2.51. The lowest BCUT2D eigenvalue weighted by Gasteiger charge is -2.41. The topological polar surface area (TPSA) is 118 Å². The van der Waals surface area contributed by atoms with Crippen molar-refractivity contribution in [2.45, 2.75) is 57.2 Å². The van der Waals surface area contributed by atoms with Crippen LogP contribution in [0.4, 0.5) is 16.3 Å². The Labute approximate surface area is 245 Å². The number of nitrogens with one attached hydrogen (secondary N) is 1. The molecule has 1 amide bonds. The third-order valence-corrected chi connectivity index (χ3v) is 9.67. The zero-order chi connectivity index (χ0) is 28.7. The van der Waals surface area contributed by atoms with E-state index in [1.54, 1.807) is 0 Å². The van der Waals surface area contributed by atoms with Crippen LogP contribution < -0.4 is 19.9 Å². The predicted octanol–water partition coefficient (Wildman–Crippen LogP) is 4.19. The van der Waals surface area contributed by atoms with Gasteiger partial charge in [0.15, 0.2) is 0 Å². The lowest BCUT2D eigenvalue weighted by Crippen LogP contribution is -2.55. The molecule has 0 radical (unpaired) electrons. The normalized spacial score (nSPS) is 23.0. The van der Waals surface area contributed by atoms with Crippen LogP contribution in [0.5, 0.6) is 6.01 Å². The second kappa shape index (κ2) is 11.0. The maximum atomic E-state index is 11.9. The number of aromatic nitrogens is 2. The number of carbonyl (C=O) groups is 1. The summed E-state index contributed by atoms with van der Waals surface area (Å²) in [5.41, 5.74) is 3.40. The molecule has 4 aliphatic rings. The lowest BCUT2D eigenvalue weighted by molar-refractivity contribution is 0.119. The quantitative estimate of drug-likeness (QED) is 0.433. The van der Waals surface area contributed by atoms with Crippen molar-refractivity contribution in [1.82, 2.24) is 20.2 Å². The van der Waals surface area contributed by atoms with Gasteiger partial charge in [-0.05, 0) is 50.1 Å². The number of hydrogen-bond donors (Lipinski definition) is 2. The number of amides is 1. The van der Waals surface area contributed by atoms with Gasteiger partial charge in [-0.15, -0.1) is 0 Å². The van der Waals surface area contributed by atoms with E-state index in [-0.39, 0.29) is 11.8 Å². The van der Waals surface area contributed by atoms with Crippen LogP contribution in [0.2, 0.25) is 0 Å². The minimum Gasteiger partial charge on any atom is -0.465 e. The fourth-order valence-electron chi connectivity index (χ4n) is 7.15. The molecule has 1 saturated carbocycles. The van der Waals surface area contributed by atoms with Gasteiger partial charge in [0.25, 0.3) is 0 Å². The van der Waals surface area contributed by atoms with Gasteiger partial charge in [-0.25, -0.2) is 4.79 Å². The van der Waals surface area contributed by atoms with E-state index in [0.717, 1.165) is 49.4 Å². The maximum absolute atomic E-state index is 11.9. The smallest absolute Gasteiger partial charge is 0.407 e. The molecule has 1 aliphatic carbocycles. The van der Waals surface area contributed by atoms with Gasteiger partial charge in [-0.2, -0.15) is 15.2 Å². The van der Waals surface area contributed by atoms with Gasteiger partial charge in [0, 0.05) is 54.3 Å². The number of fused-ring (bicyclic) bond motifs is 2. The largest absolute Gasteiger partial charge is 0.465 e. The van der Waals surface area contributed by atoms with Crippen molar-refractivity contribution in [3.8, 4) is 12.1 Å². The van der Waals surface area contributed by atoms with Gasteiger partial charge in [-0.1, -0.05) is 36.4 Å². The maximum Gasteiger partial charge on any atom is 0.407 e. The molecule has 0 unspecified atom stereocenters. The number of nitriles is 1. The summed E-state index contributed by atoms with van der Waals surface area (Å²) in [4.78, 5) is 27.8. The molecule has 0 spiro atoms. The second-order valence-corrected chi connectivity index (χ2v) is 12.2. The van der Waals surface area contributed by atoms with Crippen LogP contribution in [0.3, 0.4) is 0 Å². The Bertz CT molecular complexity index is 1520. The van der Waals surface area contributed by atoms with E-state index in [1.165, 1.54) is 34.2 Å². The van der Waals surface area contributed by atoms with Crippen molar-refractivity contribution in [2.75, 3.05) is 49.1 Å². The Balaban J connectivity index is 1.21. The number of anilines is 2. The zero-order valence-corrected chi connectivity index (χ0v) is 23.8. The number of nitrogens with zero attached hydrogens (tertiary/aromatic N) is 6. The molecule has 42 heavy (non-hydrogen) atoms. The minimum absolute atomic E-state index is 0.144. The Morgan fingerprint density at radius 2 is 1.98 bits per heavy atom. The van der Waals surface area contributed by atoms with E-state index in [2.05, 4.69) is 63.7 Å². The highest BCUT2D eigenvalue weighted by atomic mass is 16.5. The fourth-order valence-corrected chi connectivity index (χ4v) is 7.15. The Morgan fingerprint density at radius 3 is 2.76 bits per heavy atom. The summed E-state index contributed by atoms with van der Waals surface area (Å²) in [6.07, 6.45) is 4.65.